The molecule has 7 nitrogen and oxygen atoms in total. The van der Waals surface area contributed by atoms with Gasteiger partial charge in [-0.15, -0.1) is 0 Å². The van der Waals surface area contributed by atoms with Crippen LogP contribution in [0, 0.1) is 0 Å². The molecule has 0 aromatic carbocycles. The van der Waals surface area contributed by atoms with Gasteiger partial charge in [-0.2, -0.15) is 15.1 Å². The van der Waals surface area contributed by atoms with E-state index in [1.165, 1.54) is 0 Å². The molecule has 0 saturated carbocycles. The van der Waals surface area contributed by atoms with Crippen molar-refractivity contribution in [2.75, 3.05) is 0 Å². The molecule has 0 saturated heterocycles. The number of nitrogens with zero attached hydrogens (tertiary/aromatic N) is 4. The van der Waals surface area contributed by atoms with Gasteiger partial charge in [0.05, 0.1) is 0 Å². The minimum Gasteiger partial charge on any atom is -0.370 e. The van der Waals surface area contributed by atoms with E-state index in [1.807, 2.05) is 6.92 Å². The summed E-state index contributed by atoms with van der Waals surface area (Å²) in [6.07, 6.45) is 1.79. The highest BCUT2D eigenvalue weighted by Gasteiger charge is 1.96. The number of nitrogens with two attached hydrogens (primary N) is 3. The van der Waals surface area contributed by atoms with Gasteiger partial charge in [-0.05, 0) is 6.92 Å². The minimum atomic E-state index is -0.124. The quantitative estimate of drug-likeness (QED) is 0.419. The van der Waals surface area contributed by atoms with Gasteiger partial charge in [0.2, 0.25) is 5.96 Å². The maximum atomic E-state index is 5.41. The zero-order valence-corrected chi connectivity index (χ0v) is 7.88. The normalized spacial score (nSPS) is 11.4. The van der Waals surface area contributed by atoms with E-state index in [-0.39, 0.29) is 11.9 Å². The first-order chi connectivity index (χ1) is 6.61. The molecular formula is C7H13N7. The number of hydrogen-bond acceptors (Lipinski definition) is 2. The molecule has 0 aliphatic heterocycles. The lowest BCUT2D eigenvalue weighted by Gasteiger charge is -1.92. The molecule has 0 spiro atoms. The fourth-order valence-corrected chi connectivity index (χ4v) is 0.861. The van der Waals surface area contributed by atoms with Crippen LogP contribution in [-0.4, -0.2) is 21.7 Å². The van der Waals surface area contributed by atoms with Crippen LogP contribution in [0.2, 0.25) is 0 Å². The van der Waals surface area contributed by atoms with Crippen molar-refractivity contribution in [3.63, 3.8) is 0 Å². The highest BCUT2D eigenvalue weighted by molar-refractivity contribution is 5.93. The number of aryl methyl sites for hydroxylation is 1. The summed E-state index contributed by atoms with van der Waals surface area (Å²) in [5, 5.41) is 4.07. The van der Waals surface area contributed by atoms with Crippen molar-refractivity contribution in [2.45, 2.75) is 13.5 Å². The number of aliphatic imine (C=N–C) groups is 2. The third-order valence-corrected chi connectivity index (χ3v) is 1.42. The molecule has 76 valence electrons. The molecule has 1 aromatic heterocycles. The largest absolute Gasteiger partial charge is 0.370 e. The van der Waals surface area contributed by atoms with Gasteiger partial charge in [0.1, 0.15) is 0 Å². The molecule has 0 amide bonds. The maximum Gasteiger partial charge on any atom is 0.225 e. The number of aromatic nitrogens is 2. The van der Waals surface area contributed by atoms with Crippen LogP contribution in [0.1, 0.15) is 6.92 Å². The van der Waals surface area contributed by atoms with E-state index in [0.29, 0.717) is 5.82 Å². The Hall–Kier alpha value is -2.05. The van der Waals surface area contributed by atoms with E-state index in [2.05, 4.69) is 15.1 Å². The molecule has 0 fully saturated rings. The first-order valence-electron chi connectivity index (χ1n) is 4.09. The Kier molecular flexibility index (Phi) is 3.05. The lowest BCUT2D eigenvalue weighted by Crippen LogP contribution is -2.26. The van der Waals surface area contributed by atoms with Gasteiger partial charge in [0, 0.05) is 18.8 Å². The number of rotatable bonds is 2. The zero-order chi connectivity index (χ0) is 10.6. The minimum absolute atomic E-state index is 0.00801. The van der Waals surface area contributed by atoms with E-state index in [9.17, 15) is 0 Å². The van der Waals surface area contributed by atoms with Crippen LogP contribution in [-0.2, 0) is 6.54 Å². The van der Waals surface area contributed by atoms with Crippen LogP contribution in [0.4, 0.5) is 5.82 Å². The van der Waals surface area contributed by atoms with Crippen molar-refractivity contribution in [3.8, 4) is 0 Å². The molecule has 1 aromatic rings. The van der Waals surface area contributed by atoms with Gasteiger partial charge >= 0.3 is 0 Å². The van der Waals surface area contributed by atoms with Crippen molar-refractivity contribution in [2.24, 2.45) is 27.2 Å². The van der Waals surface area contributed by atoms with E-state index in [1.54, 1.807) is 16.9 Å². The third-order valence-electron chi connectivity index (χ3n) is 1.42. The Morgan fingerprint density at radius 2 is 2.21 bits per heavy atom. The van der Waals surface area contributed by atoms with Gasteiger partial charge < -0.3 is 17.2 Å². The SMILES string of the molecule is CCn1ccc(N=C(N)N=C(N)N)n1. The second-order valence-electron chi connectivity index (χ2n) is 2.54. The second-order valence-corrected chi connectivity index (χ2v) is 2.54. The van der Waals surface area contributed by atoms with Crippen molar-refractivity contribution < 1.29 is 0 Å². The van der Waals surface area contributed by atoms with Crippen LogP contribution >= 0.6 is 0 Å². The number of guanidine groups is 2. The van der Waals surface area contributed by atoms with E-state index in [4.69, 9.17) is 17.2 Å². The van der Waals surface area contributed by atoms with E-state index < -0.39 is 0 Å². The molecule has 0 atom stereocenters. The van der Waals surface area contributed by atoms with Crippen LogP contribution in [0.3, 0.4) is 0 Å². The maximum absolute atomic E-state index is 5.41. The summed E-state index contributed by atoms with van der Waals surface area (Å²) in [4.78, 5) is 7.44. The Bertz CT molecular complexity index is 358. The van der Waals surface area contributed by atoms with Gasteiger partial charge in [-0.3, -0.25) is 4.68 Å². The molecule has 0 unspecified atom stereocenters. The summed E-state index contributed by atoms with van der Waals surface area (Å²) in [5.41, 5.74) is 15.6. The average Bonchev–Trinajstić information content (AvgIpc) is 2.50. The summed E-state index contributed by atoms with van der Waals surface area (Å²) in [6.45, 7) is 2.75. The van der Waals surface area contributed by atoms with Crippen LogP contribution in [0.25, 0.3) is 0 Å². The Labute approximate surface area is 81.3 Å². The summed E-state index contributed by atoms with van der Waals surface area (Å²) in [7, 11) is 0. The first kappa shape index (κ1) is 10.0. The standard InChI is InChI=1S/C7H13N7/c1-2-14-4-3-5(13-14)11-7(10)12-6(8)9/h3-4H,2H2,1H3,(H6,8,9,10,11,12,13). The van der Waals surface area contributed by atoms with Crippen molar-refractivity contribution in [3.05, 3.63) is 12.3 Å². The summed E-state index contributed by atoms with van der Waals surface area (Å²) in [6, 6.07) is 1.72. The van der Waals surface area contributed by atoms with Gasteiger partial charge in [0.15, 0.2) is 11.8 Å². The highest BCUT2D eigenvalue weighted by Crippen LogP contribution is 2.06. The zero-order valence-electron chi connectivity index (χ0n) is 7.88. The molecule has 7 heteroatoms. The fourth-order valence-electron chi connectivity index (χ4n) is 0.861. The molecule has 14 heavy (non-hydrogen) atoms. The molecule has 0 aliphatic carbocycles. The third kappa shape index (κ3) is 2.77. The van der Waals surface area contributed by atoms with E-state index in [0.717, 1.165) is 6.54 Å². The van der Waals surface area contributed by atoms with Crippen LogP contribution < -0.4 is 17.2 Å². The van der Waals surface area contributed by atoms with Gasteiger partial charge in [0.25, 0.3) is 0 Å². The molecule has 0 bridgehead atoms. The molecule has 1 rings (SSSR count). The lowest BCUT2D eigenvalue weighted by atomic mass is 10.6. The summed E-state index contributed by atoms with van der Waals surface area (Å²) >= 11 is 0. The predicted molar refractivity (Wildman–Crippen MR) is 55.0 cm³/mol. The first-order valence-corrected chi connectivity index (χ1v) is 4.09. The number of hydrogen-bond donors (Lipinski definition) is 3. The summed E-state index contributed by atoms with van der Waals surface area (Å²) in [5.74, 6) is 0.349. The van der Waals surface area contributed by atoms with Crippen molar-refractivity contribution in [1.82, 2.24) is 9.78 Å². The molecule has 6 N–H and O–H groups in total. The van der Waals surface area contributed by atoms with Crippen LogP contribution in [0.15, 0.2) is 22.2 Å². The van der Waals surface area contributed by atoms with Crippen molar-refractivity contribution >= 4 is 17.7 Å². The smallest absolute Gasteiger partial charge is 0.225 e. The summed E-state index contributed by atoms with van der Waals surface area (Å²) < 4.78 is 1.72. The fraction of sp³-hybridized carbons (Fsp3) is 0.286. The average molecular weight is 195 g/mol. The molecule has 1 heterocycles. The van der Waals surface area contributed by atoms with Gasteiger partial charge in [-0.1, -0.05) is 0 Å². The Balaban J connectivity index is 2.81. The Morgan fingerprint density at radius 1 is 1.50 bits per heavy atom. The second kappa shape index (κ2) is 4.26. The lowest BCUT2D eigenvalue weighted by molar-refractivity contribution is 0.661. The van der Waals surface area contributed by atoms with Crippen LogP contribution in [0.5, 0.6) is 0 Å². The van der Waals surface area contributed by atoms with Gasteiger partial charge in [-0.25, -0.2) is 0 Å². The highest BCUT2D eigenvalue weighted by atomic mass is 15.3. The molecule has 0 radical (unpaired) electrons. The molecular weight excluding hydrogens is 182 g/mol. The predicted octanol–water partition coefficient (Wildman–Crippen LogP) is -0.877. The van der Waals surface area contributed by atoms with E-state index >= 15 is 0 Å². The monoisotopic (exact) mass is 195 g/mol. The topological polar surface area (TPSA) is 121 Å². The molecule has 0 aliphatic rings. The Morgan fingerprint density at radius 3 is 2.71 bits per heavy atom. The van der Waals surface area contributed by atoms with Crippen molar-refractivity contribution in [1.29, 1.82) is 0 Å².